The fourth-order valence-electron chi connectivity index (χ4n) is 3.31. The molecular weight excluding hydrogens is 264 g/mol. The molecule has 0 unspecified atom stereocenters. The Morgan fingerprint density at radius 2 is 1.90 bits per heavy atom. The van der Waals surface area contributed by atoms with Crippen molar-refractivity contribution in [1.82, 2.24) is 4.90 Å². The first kappa shape index (κ1) is 14.4. The highest BCUT2D eigenvalue weighted by Gasteiger charge is 2.25. The van der Waals surface area contributed by atoms with E-state index in [1.807, 2.05) is 17.0 Å². The topological polar surface area (TPSA) is 32.8 Å². The average Bonchev–Trinajstić information content (AvgIpc) is 2.54. The summed E-state index contributed by atoms with van der Waals surface area (Å²) in [6.45, 7) is 4.11. The Balaban J connectivity index is 1.73. The lowest BCUT2D eigenvalue weighted by Crippen LogP contribution is -2.42. The maximum atomic E-state index is 12.3. The molecule has 0 N–H and O–H groups in total. The maximum absolute atomic E-state index is 12.3. The van der Waals surface area contributed by atoms with E-state index in [9.17, 15) is 4.79 Å². The molecule has 2 aliphatic rings. The third-order valence-corrected chi connectivity index (χ3v) is 4.58. The maximum Gasteiger partial charge on any atom is 0.227 e. The minimum absolute atomic E-state index is 0.243. The molecule has 1 amide bonds. The van der Waals surface area contributed by atoms with Crippen molar-refractivity contribution in [3.05, 3.63) is 23.8 Å². The molecule has 114 valence electrons. The van der Waals surface area contributed by atoms with Crippen molar-refractivity contribution in [2.45, 2.75) is 32.1 Å². The molecule has 1 fully saturated rings. The molecule has 21 heavy (non-hydrogen) atoms. The fourth-order valence-corrected chi connectivity index (χ4v) is 3.31. The van der Waals surface area contributed by atoms with E-state index in [-0.39, 0.29) is 5.91 Å². The van der Waals surface area contributed by atoms with E-state index in [1.54, 1.807) is 7.11 Å². The van der Waals surface area contributed by atoms with Crippen LogP contribution in [0.1, 0.15) is 31.2 Å². The average molecular weight is 288 g/mol. The zero-order valence-corrected chi connectivity index (χ0v) is 12.8. The monoisotopic (exact) mass is 288 g/mol. The summed E-state index contributed by atoms with van der Waals surface area (Å²) in [7, 11) is 1.67. The number of anilines is 1. The second-order valence-corrected chi connectivity index (χ2v) is 5.94. The van der Waals surface area contributed by atoms with Gasteiger partial charge in [-0.1, -0.05) is 12.5 Å². The SMILES string of the molecule is COc1ccc2c(c1)N(CCN1CCCCC1)C(=O)CC2. The Morgan fingerprint density at radius 1 is 1.10 bits per heavy atom. The van der Waals surface area contributed by atoms with Crippen molar-refractivity contribution in [2.24, 2.45) is 0 Å². The highest BCUT2D eigenvalue weighted by atomic mass is 16.5. The van der Waals surface area contributed by atoms with Crippen LogP contribution in [0.2, 0.25) is 0 Å². The quantitative estimate of drug-likeness (QED) is 0.853. The van der Waals surface area contributed by atoms with E-state index in [0.717, 1.165) is 30.9 Å². The van der Waals surface area contributed by atoms with Gasteiger partial charge in [0.15, 0.2) is 0 Å². The van der Waals surface area contributed by atoms with Crippen LogP contribution in [0.15, 0.2) is 18.2 Å². The first-order chi connectivity index (χ1) is 10.3. The van der Waals surface area contributed by atoms with Crippen LogP contribution in [0, 0.1) is 0 Å². The lowest BCUT2D eigenvalue weighted by Gasteiger charge is -2.33. The second kappa shape index (κ2) is 6.48. The third kappa shape index (κ3) is 3.21. The van der Waals surface area contributed by atoms with Gasteiger partial charge in [0, 0.05) is 25.6 Å². The summed E-state index contributed by atoms with van der Waals surface area (Å²) in [4.78, 5) is 16.7. The molecule has 4 heteroatoms. The predicted octanol–water partition coefficient (Wildman–Crippen LogP) is 2.46. The largest absolute Gasteiger partial charge is 0.497 e. The Kier molecular flexibility index (Phi) is 4.44. The van der Waals surface area contributed by atoms with E-state index in [4.69, 9.17) is 4.74 Å². The zero-order chi connectivity index (χ0) is 14.7. The second-order valence-electron chi connectivity index (χ2n) is 5.94. The number of carbonyl (C=O) groups excluding carboxylic acids is 1. The highest BCUT2D eigenvalue weighted by molar-refractivity contribution is 5.96. The summed E-state index contributed by atoms with van der Waals surface area (Å²) >= 11 is 0. The van der Waals surface area contributed by atoms with E-state index < -0.39 is 0 Å². The first-order valence-electron chi connectivity index (χ1n) is 7.97. The number of methoxy groups -OCH3 is 1. The molecule has 0 saturated carbocycles. The Bertz CT molecular complexity index is 510. The van der Waals surface area contributed by atoms with Crippen molar-refractivity contribution in [3.63, 3.8) is 0 Å². The van der Waals surface area contributed by atoms with Crippen molar-refractivity contribution in [2.75, 3.05) is 38.2 Å². The molecule has 1 aromatic rings. The van der Waals surface area contributed by atoms with Crippen molar-refractivity contribution in [3.8, 4) is 5.75 Å². The molecule has 0 aliphatic carbocycles. The summed E-state index contributed by atoms with van der Waals surface area (Å²) in [5.41, 5.74) is 2.30. The Morgan fingerprint density at radius 3 is 2.67 bits per heavy atom. The van der Waals surface area contributed by atoms with Gasteiger partial charge in [0.2, 0.25) is 5.91 Å². The van der Waals surface area contributed by atoms with Gasteiger partial charge in [-0.15, -0.1) is 0 Å². The zero-order valence-electron chi connectivity index (χ0n) is 12.8. The number of rotatable bonds is 4. The number of benzene rings is 1. The van der Waals surface area contributed by atoms with Gasteiger partial charge >= 0.3 is 0 Å². The molecule has 3 rings (SSSR count). The molecule has 1 saturated heterocycles. The molecule has 2 heterocycles. The van der Waals surface area contributed by atoms with Crippen LogP contribution in [0.3, 0.4) is 0 Å². The number of ether oxygens (including phenoxy) is 1. The highest BCUT2D eigenvalue weighted by Crippen LogP contribution is 2.31. The lowest BCUT2D eigenvalue weighted by atomic mass is 10.0. The third-order valence-electron chi connectivity index (χ3n) is 4.58. The van der Waals surface area contributed by atoms with Crippen molar-refractivity contribution >= 4 is 11.6 Å². The molecule has 1 aromatic carbocycles. The van der Waals surface area contributed by atoms with Gasteiger partial charge in [-0.05, 0) is 44.0 Å². The molecular formula is C17H24N2O2. The minimum atomic E-state index is 0.243. The van der Waals surface area contributed by atoms with Crippen LogP contribution >= 0.6 is 0 Å². The van der Waals surface area contributed by atoms with Crippen LogP contribution < -0.4 is 9.64 Å². The smallest absolute Gasteiger partial charge is 0.227 e. The summed E-state index contributed by atoms with van der Waals surface area (Å²) in [5, 5.41) is 0. The molecule has 2 aliphatic heterocycles. The predicted molar refractivity (Wildman–Crippen MR) is 84.0 cm³/mol. The normalized spacial score (nSPS) is 19.5. The van der Waals surface area contributed by atoms with Crippen molar-refractivity contribution < 1.29 is 9.53 Å². The van der Waals surface area contributed by atoms with Gasteiger partial charge in [0.05, 0.1) is 12.8 Å². The van der Waals surface area contributed by atoms with Crippen LogP contribution in [0.4, 0.5) is 5.69 Å². The fraction of sp³-hybridized carbons (Fsp3) is 0.588. The van der Waals surface area contributed by atoms with Gasteiger partial charge in [-0.25, -0.2) is 0 Å². The summed E-state index contributed by atoms with van der Waals surface area (Å²) in [6, 6.07) is 6.08. The standard InChI is InChI=1S/C17H24N2O2/c1-21-15-7-5-14-6-8-17(20)19(16(14)13-15)12-11-18-9-3-2-4-10-18/h5,7,13H,2-4,6,8-12H2,1H3. The summed E-state index contributed by atoms with van der Waals surface area (Å²) in [5.74, 6) is 1.07. The van der Waals surface area contributed by atoms with Gasteiger partial charge < -0.3 is 14.5 Å². The number of fused-ring (bicyclic) bond motifs is 1. The number of carbonyl (C=O) groups is 1. The van der Waals surface area contributed by atoms with Crippen LogP contribution in [-0.4, -0.2) is 44.1 Å². The molecule has 0 spiro atoms. The van der Waals surface area contributed by atoms with Gasteiger partial charge in [-0.3, -0.25) is 4.79 Å². The lowest BCUT2D eigenvalue weighted by molar-refractivity contribution is -0.118. The molecule has 0 radical (unpaired) electrons. The summed E-state index contributed by atoms with van der Waals surface area (Å²) in [6.07, 6.45) is 5.40. The number of likely N-dealkylation sites (tertiary alicyclic amines) is 1. The van der Waals surface area contributed by atoms with Gasteiger partial charge in [0.1, 0.15) is 5.75 Å². The first-order valence-corrected chi connectivity index (χ1v) is 7.97. The van der Waals surface area contributed by atoms with Gasteiger partial charge in [-0.2, -0.15) is 0 Å². The molecule has 0 aromatic heterocycles. The summed E-state index contributed by atoms with van der Waals surface area (Å²) < 4.78 is 5.31. The van der Waals surface area contributed by atoms with E-state index in [0.29, 0.717) is 6.42 Å². The van der Waals surface area contributed by atoms with E-state index >= 15 is 0 Å². The van der Waals surface area contributed by atoms with Gasteiger partial charge in [0.25, 0.3) is 0 Å². The molecule has 0 atom stereocenters. The van der Waals surface area contributed by atoms with Crippen LogP contribution in [0.5, 0.6) is 5.75 Å². The van der Waals surface area contributed by atoms with Crippen LogP contribution in [0.25, 0.3) is 0 Å². The number of piperidine rings is 1. The number of amides is 1. The number of hydrogen-bond donors (Lipinski definition) is 0. The molecule has 4 nitrogen and oxygen atoms in total. The minimum Gasteiger partial charge on any atom is -0.497 e. The number of aryl methyl sites for hydroxylation is 1. The number of hydrogen-bond acceptors (Lipinski definition) is 3. The Hall–Kier alpha value is -1.55. The Labute approximate surface area is 126 Å². The van der Waals surface area contributed by atoms with Crippen molar-refractivity contribution in [1.29, 1.82) is 0 Å². The van der Waals surface area contributed by atoms with E-state index in [2.05, 4.69) is 11.0 Å². The van der Waals surface area contributed by atoms with E-state index in [1.165, 1.54) is 37.9 Å². The number of nitrogens with zero attached hydrogens (tertiary/aromatic N) is 2. The molecule has 0 bridgehead atoms. The van der Waals surface area contributed by atoms with Crippen LogP contribution in [-0.2, 0) is 11.2 Å².